The van der Waals surface area contributed by atoms with E-state index in [1.807, 2.05) is 26.8 Å². The van der Waals surface area contributed by atoms with Crippen LogP contribution in [-0.4, -0.2) is 36.0 Å². The molecular formula is C21H26N4O4S. The number of aromatic nitrogens is 2. The van der Waals surface area contributed by atoms with Gasteiger partial charge in [-0.25, -0.2) is 13.2 Å². The molecule has 0 spiro atoms. The Kier molecular flexibility index (Phi) is 5.76. The second kappa shape index (κ2) is 7.98. The van der Waals surface area contributed by atoms with E-state index in [1.165, 1.54) is 21.3 Å². The number of benzene rings is 2. The summed E-state index contributed by atoms with van der Waals surface area (Å²) >= 11 is 0. The van der Waals surface area contributed by atoms with Crippen molar-refractivity contribution in [2.45, 2.75) is 31.7 Å². The number of carbonyl (C=O) groups is 1. The average molecular weight is 431 g/mol. The van der Waals surface area contributed by atoms with E-state index in [0.29, 0.717) is 16.7 Å². The highest BCUT2D eigenvalue weighted by atomic mass is 32.2. The largest absolute Gasteiger partial charge is 0.352 e. The smallest absolute Gasteiger partial charge is 0.328 e. The Morgan fingerprint density at radius 2 is 1.73 bits per heavy atom. The van der Waals surface area contributed by atoms with Crippen molar-refractivity contribution in [2.75, 3.05) is 10.8 Å². The lowest BCUT2D eigenvalue weighted by Gasteiger charge is -2.25. The molecule has 0 aliphatic carbocycles. The molecule has 30 heavy (non-hydrogen) atoms. The highest BCUT2D eigenvalue weighted by Crippen LogP contribution is 2.26. The zero-order valence-corrected chi connectivity index (χ0v) is 18.5. The van der Waals surface area contributed by atoms with Crippen LogP contribution in [0.2, 0.25) is 0 Å². The van der Waals surface area contributed by atoms with E-state index in [-0.39, 0.29) is 23.2 Å². The molecule has 0 unspecified atom stereocenters. The number of fused-ring (bicyclic) bond motifs is 1. The van der Waals surface area contributed by atoms with Crippen molar-refractivity contribution in [3.05, 3.63) is 58.5 Å². The zero-order valence-electron chi connectivity index (χ0n) is 17.7. The van der Waals surface area contributed by atoms with Crippen LogP contribution in [0, 0.1) is 6.92 Å². The molecule has 160 valence electrons. The Bertz CT molecular complexity index is 1270. The third-order valence-electron chi connectivity index (χ3n) is 4.86. The predicted octanol–water partition coefficient (Wildman–Crippen LogP) is 1.91. The molecule has 2 aromatic carbocycles. The number of imidazole rings is 1. The Morgan fingerprint density at radius 1 is 1.07 bits per heavy atom. The third kappa shape index (κ3) is 3.97. The van der Waals surface area contributed by atoms with Gasteiger partial charge in [-0.3, -0.25) is 18.2 Å². The minimum Gasteiger partial charge on any atom is -0.352 e. The van der Waals surface area contributed by atoms with Crippen LogP contribution >= 0.6 is 0 Å². The van der Waals surface area contributed by atoms with Gasteiger partial charge in [0.05, 0.1) is 21.6 Å². The molecular weight excluding hydrogens is 404 g/mol. The van der Waals surface area contributed by atoms with Crippen LogP contribution in [0.4, 0.5) is 5.69 Å². The molecule has 1 aromatic heterocycles. The molecule has 9 heteroatoms. The van der Waals surface area contributed by atoms with Crippen LogP contribution in [0.25, 0.3) is 11.0 Å². The lowest BCUT2D eigenvalue weighted by Crippen LogP contribution is -2.43. The van der Waals surface area contributed by atoms with Gasteiger partial charge in [0.25, 0.3) is 10.0 Å². The molecule has 0 fully saturated rings. The summed E-state index contributed by atoms with van der Waals surface area (Å²) in [5.41, 5.74) is 2.15. The molecule has 0 saturated heterocycles. The van der Waals surface area contributed by atoms with Crippen molar-refractivity contribution in [1.82, 2.24) is 14.5 Å². The maximum atomic E-state index is 13.6. The van der Waals surface area contributed by atoms with Crippen LogP contribution < -0.4 is 15.3 Å². The molecule has 3 rings (SSSR count). The maximum Gasteiger partial charge on any atom is 0.328 e. The summed E-state index contributed by atoms with van der Waals surface area (Å²) in [6.45, 7) is 5.13. The SMILES string of the molecule is Cc1cccc(N(CC(=O)NC(C)C)S(=O)(=O)c2ccc3c(c2)n(C)c(=O)n3C)c1. The Morgan fingerprint density at radius 3 is 2.37 bits per heavy atom. The molecule has 3 aromatic rings. The predicted molar refractivity (Wildman–Crippen MR) is 117 cm³/mol. The summed E-state index contributed by atoms with van der Waals surface area (Å²) in [7, 11) is -0.840. The molecule has 1 N–H and O–H groups in total. The van der Waals surface area contributed by atoms with Gasteiger partial charge < -0.3 is 5.32 Å². The summed E-state index contributed by atoms with van der Waals surface area (Å²) < 4.78 is 31.1. The molecule has 0 aliphatic rings. The quantitative estimate of drug-likeness (QED) is 0.646. The summed E-state index contributed by atoms with van der Waals surface area (Å²) in [5, 5.41) is 2.74. The van der Waals surface area contributed by atoms with Crippen LogP contribution in [-0.2, 0) is 28.9 Å². The molecule has 0 saturated carbocycles. The van der Waals surface area contributed by atoms with Crippen molar-refractivity contribution in [1.29, 1.82) is 0 Å². The van der Waals surface area contributed by atoms with Crippen molar-refractivity contribution in [2.24, 2.45) is 14.1 Å². The van der Waals surface area contributed by atoms with Crippen molar-refractivity contribution in [3.63, 3.8) is 0 Å². The summed E-state index contributed by atoms with van der Waals surface area (Å²) in [6, 6.07) is 11.4. The first kappa shape index (κ1) is 21.6. The second-order valence-corrected chi connectivity index (χ2v) is 9.49. The molecule has 0 atom stereocenters. The summed E-state index contributed by atoms with van der Waals surface area (Å²) in [5.74, 6) is -0.400. The van der Waals surface area contributed by atoms with E-state index in [2.05, 4.69) is 5.32 Å². The van der Waals surface area contributed by atoms with Gasteiger partial charge in [0.15, 0.2) is 0 Å². The van der Waals surface area contributed by atoms with Crippen LogP contribution in [0.15, 0.2) is 52.2 Å². The molecule has 0 radical (unpaired) electrons. The van der Waals surface area contributed by atoms with Gasteiger partial charge >= 0.3 is 5.69 Å². The minimum absolute atomic E-state index is 0.00931. The van der Waals surface area contributed by atoms with Gasteiger partial charge in [-0.2, -0.15) is 0 Å². The second-order valence-electron chi connectivity index (χ2n) is 7.62. The van der Waals surface area contributed by atoms with E-state index in [0.717, 1.165) is 9.87 Å². The van der Waals surface area contributed by atoms with Gasteiger partial charge in [-0.05, 0) is 56.7 Å². The Hall–Kier alpha value is -3.07. The number of rotatable bonds is 6. The van der Waals surface area contributed by atoms with Gasteiger partial charge in [-0.1, -0.05) is 12.1 Å². The van der Waals surface area contributed by atoms with Gasteiger partial charge in [0, 0.05) is 20.1 Å². The average Bonchev–Trinajstić information content (AvgIpc) is 2.89. The van der Waals surface area contributed by atoms with E-state index in [4.69, 9.17) is 0 Å². The number of amides is 1. The molecule has 1 heterocycles. The fourth-order valence-corrected chi connectivity index (χ4v) is 4.80. The number of anilines is 1. The number of aryl methyl sites for hydroxylation is 3. The maximum absolute atomic E-state index is 13.6. The number of nitrogens with one attached hydrogen (secondary N) is 1. The summed E-state index contributed by atoms with van der Waals surface area (Å²) in [6.07, 6.45) is 0. The van der Waals surface area contributed by atoms with E-state index < -0.39 is 15.9 Å². The first-order valence-electron chi connectivity index (χ1n) is 9.56. The van der Waals surface area contributed by atoms with Crippen molar-refractivity contribution in [3.8, 4) is 0 Å². The van der Waals surface area contributed by atoms with Crippen molar-refractivity contribution < 1.29 is 13.2 Å². The third-order valence-corrected chi connectivity index (χ3v) is 6.63. The first-order valence-corrected chi connectivity index (χ1v) is 11.0. The van der Waals surface area contributed by atoms with E-state index in [9.17, 15) is 18.0 Å². The fraction of sp³-hybridized carbons (Fsp3) is 0.333. The van der Waals surface area contributed by atoms with E-state index >= 15 is 0 Å². The minimum atomic E-state index is -4.07. The van der Waals surface area contributed by atoms with Crippen LogP contribution in [0.5, 0.6) is 0 Å². The lowest BCUT2D eigenvalue weighted by atomic mass is 10.2. The molecule has 0 aliphatic heterocycles. The Balaban J connectivity index is 2.13. The van der Waals surface area contributed by atoms with E-state index in [1.54, 1.807) is 38.4 Å². The number of carbonyl (C=O) groups excluding carboxylic acids is 1. The summed E-state index contributed by atoms with van der Waals surface area (Å²) in [4.78, 5) is 24.7. The lowest BCUT2D eigenvalue weighted by molar-refractivity contribution is -0.120. The van der Waals surface area contributed by atoms with Crippen LogP contribution in [0.3, 0.4) is 0 Å². The number of sulfonamides is 1. The zero-order chi connectivity index (χ0) is 22.2. The standard InChI is InChI=1S/C21H26N4O4S/c1-14(2)22-20(26)13-25(16-8-6-7-15(3)11-16)30(28,29)17-9-10-18-19(12-17)24(5)21(27)23(18)4/h6-12,14H,13H2,1-5H3,(H,22,26). The topological polar surface area (TPSA) is 93.4 Å². The monoisotopic (exact) mass is 430 g/mol. The Labute approximate surface area is 175 Å². The highest BCUT2D eigenvalue weighted by molar-refractivity contribution is 7.92. The number of hydrogen-bond donors (Lipinski definition) is 1. The van der Waals surface area contributed by atoms with Gasteiger partial charge in [-0.15, -0.1) is 0 Å². The fourth-order valence-electron chi connectivity index (χ4n) is 3.37. The highest BCUT2D eigenvalue weighted by Gasteiger charge is 2.28. The van der Waals surface area contributed by atoms with Crippen molar-refractivity contribution >= 4 is 32.7 Å². The normalized spacial score (nSPS) is 11.8. The number of hydrogen-bond acceptors (Lipinski definition) is 4. The number of nitrogens with zero attached hydrogens (tertiary/aromatic N) is 3. The first-order chi connectivity index (χ1) is 14.0. The molecule has 0 bridgehead atoms. The van der Waals surface area contributed by atoms with Crippen LogP contribution in [0.1, 0.15) is 19.4 Å². The molecule has 8 nitrogen and oxygen atoms in total. The molecule has 1 amide bonds. The van der Waals surface area contributed by atoms with Gasteiger partial charge in [0.2, 0.25) is 5.91 Å². The van der Waals surface area contributed by atoms with Gasteiger partial charge in [0.1, 0.15) is 6.54 Å².